The zero-order valence-corrected chi connectivity index (χ0v) is 11.2. The second kappa shape index (κ2) is 4.46. The van der Waals surface area contributed by atoms with Crippen molar-refractivity contribution in [2.75, 3.05) is 0 Å². The maximum absolute atomic E-state index is 9.31. The van der Waals surface area contributed by atoms with Crippen LogP contribution in [0.3, 0.4) is 0 Å². The first-order chi connectivity index (χ1) is 8.72. The van der Waals surface area contributed by atoms with E-state index in [9.17, 15) is 5.11 Å². The van der Waals surface area contributed by atoms with Gasteiger partial charge in [0.15, 0.2) is 0 Å². The van der Waals surface area contributed by atoms with Crippen molar-refractivity contribution in [3.63, 3.8) is 0 Å². The summed E-state index contributed by atoms with van der Waals surface area (Å²) in [5.74, 6) is 0.294. The zero-order valence-electron chi connectivity index (χ0n) is 9.60. The maximum atomic E-state index is 9.31. The van der Waals surface area contributed by atoms with E-state index >= 15 is 0 Å². The van der Waals surface area contributed by atoms with E-state index in [1.54, 1.807) is 12.1 Å². The van der Waals surface area contributed by atoms with E-state index < -0.39 is 0 Å². The summed E-state index contributed by atoms with van der Waals surface area (Å²) >= 11 is 3.49. The summed E-state index contributed by atoms with van der Waals surface area (Å²) in [7, 11) is 0. The van der Waals surface area contributed by atoms with Crippen LogP contribution in [0.4, 0.5) is 0 Å². The number of aromatic hydroxyl groups is 1. The van der Waals surface area contributed by atoms with Crippen LogP contribution in [0.1, 0.15) is 0 Å². The first-order valence-electron chi connectivity index (χ1n) is 5.71. The van der Waals surface area contributed by atoms with Gasteiger partial charge in [0, 0.05) is 4.47 Å². The Morgan fingerprint density at radius 1 is 0.667 bits per heavy atom. The molecule has 0 fully saturated rings. The van der Waals surface area contributed by atoms with Gasteiger partial charge in [-0.15, -0.1) is 0 Å². The zero-order chi connectivity index (χ0) is 12.5. The van der Waals surface area contributed by atoms with Gasteiger partial charge in [0.25, 0.3) is 0 Å². The van der Waals surface area contributed by atoms with Crippen molar-refractivity contribution in [2.24, 2.45) is 0 Å². The van der Waals surface area contributed by atoms with E-state index in [1.807, 2.05) is 18.2 Å². The van der Waals surface area contributed by atoms with Crippen molar-refractivity contribution < 1.29 is 5.11 Å². The molecule has 0 aromatic heterocycles. The van der Waals surface area contributed by atoms with Gasteiger partial charge in [0.2, 0.25) is 0 Å². The summed E-state index contributed by atoms with van der Waals surface area (Å²) in [5, 5.41) is 11.7. The monoisotopic (exact) mass is 298 g/mol. The first-order valence-corrected chi connectivity index (χ1v) is 6.50. The second-order valence-corrected chi connectivity index (χ2v) is 5.17. The minimum absolute atomic E-state index is 0.294. The Morgan fingerprint density at radius 3 is 2.11 bits per heavy atom. The average Bonchev–Trinajstić information content (AvgIpc) is 2.38. The lowest BCUT2D eigenvalue weighted by atomic mass is 10.0. The summed E-state index contributed by atoms with van der Waals surface area (Å²) in [6, 6.07) is 19.9. The standard InChI is InChI=1S/C16H11BrO/c17-15-6-3-12-1-2-13(9-14(12)10-15)11-4-7-16(18)8-5-11/h1-10,18H. The average molecular weight is 299 g/mol. The smallest absolute Gasteiger partial charge is 0.115 e. The van der Waals surface area contributed by atoms with Crippen LogP contribution in [0.15, 0.2) is 65.1 Å². The molecule has 88 valence electrons. The number of halogens is 1. The Morgan fingerprint density at radius 2 is 1.33 bits per heavy atom. The van der Waals surface area contributed by atoms with Crippen molar-refractivity contribution in [1.29, 1.82) is 0 Å². The van der Waals surface area contributed by atoms with Crippen LogP contribution in [0.5, 0.6) is 5.75 Å². The summed E-state index contributed by atoms with van der Waals surface area (Å²) in [6.07, 6.45) is 0. The molecule has 0 saturated carbocycles. The van der Waals surface area contributed by atoms with Gasteiger partial charge in [-0.25, -0.2) is 0 Å². The predicted octanol–water partition coefficient (Wildman–Crippen LogP) is 4.97. The van der Waals surface area contributed by atoms with E-state index in [0.29, 0.717) is 5.75 Å². The van der Waals surface area contributed by atoms with Gasteiger partial charge >= 0.3 is 0 Å². The van der Waals surface area contributed by atoms with Crippen LogP contribution in [0.2, 0.25) is 0 Å². The van der Waals surface area contributed by atoms with Crippen LogP contribution in [0.25, 0.3) is 21.9 Å². The largest absolute Gasteiger partial charge is 0.508 e. The third kappa shape index (κ3) is 2.12. The Labute approximate surface area is 114 Å². The molecule has 0 unspecified atom stereocenters. The highest BCUT2D eigenvalue weighted by Crippen LogP contribution is 2.27. The molecule has 2 heteroatoms. The molecule has 3 rings (SSSR count). The maximum Gasteiger partial charge on any atom is 0.115 e. The number of fused-ring (bicyclic) bond motifs is 1. The summed E-state index contributed by atoms with van der Waals surface area (Å²) < 4.78 is 1.08. The lowest BCUT2D eigenvalue weighted by molar-refractivity contribution is 0.475. The molecule has 0 spiro atoms. The summed E-state index contributed by atoms with van der Waals surface area (Å²) in [6.45, 7) is 0. The molecule has 0 saturated heterocycles. The van der Waals surface area contributed by atoms with Gasteiger partial charge in [-0.2, -0.15) is 0 Å². The van der Waals surface area contributed by atoms with Gasteiger partial charge in [-0.1, -0.05) is 46.3 Å². The molecule has 0 aliphatic carbocycles. The normalized spacial score (nSPS) is 10.7. The van der Waals surface area contributed by atoms with Crippen LogP contribution >= 0.6 is 15.9 Å². The lowest BCUT2D eigenvalue weighted by Crippen LogP contribution is -1.79. The molecule has 1 N–H and O–H groups in total. The number of phenolic OH excluding ortho intramolecular Hbond substituents is 1. The lowest BCUT2D eigenvalue weighted by Gasteiger charge is -2.05. The molecule has 3 aromatic carbocycles. The van der Waals surface area contributed by atoms with Crippen molar-refractivity contribution in [3.05, 3.63) is 65.1 Å². The van der Waals surface area contributed by atoms with Crippen molar-refractivity contribution in [2.45, 2.75) is 0 Å². The van der Waals surface area contributed by atoms with E-state index in [-0.39, 0.29) is 0 Å². The van der Waals surface area contributed by atoms with Crippen LogP contribution < -0.4 is 0 Å². The van der Waals surface area contributed by atoms with E-state index in [2.05, 4.69) is 46.3 Å². The predicted molar refractivity (Wildman–Crippen MR) is 78.7 cm³/mol. The Balaban J connectivity index is 2.15. The third-order valence-corrected chi connectivity index (χ3v) is 3.50. The van der Waals surface area contributed by atoms with Gasteiger partial charge in [-0.3, -0.25) is 0 Å². The molecular weight excluding hydrogens is 288 g/mol. The molecule has 3 aromatic rings. The molecule has 0 atom stereocenters. The van der Waals surface area contributed by atoms with E-state index in [4.69, 9.17) is 0 Å². The fourth-order valence-electron chi connectivity index (χ4n) is 2.05. The number of hydrogen-bond acceptors (Lipinski definition) is 1. The van der Waals surface area contributed by atoms with Gasteiger partial charge in [0.1, 0.15) is 5.75 Å². The molecule has 0 radical (unpaired) electrons. The summed E-state index contributed by atoms with van der Waals surface area (Å²) in [4.78, 5) is 0. The minimum atomic E-state index is 0.294. The Hall–Kier alpha value is -1.80. The fraction of sp³-hybridized carbons (Fsp3) is 0. The topological polar surface area (TPSA) is 20.2 Å². The highest BCUT2D eigenvalue weighted by molar-refractivity contribution is 9.10. The van der Waals surface area contributed by atoms with Gasteiger partial charge in [0.05, 0.1) is 0 Å². The van der Waals surface area contributed by atoms with E-state index in [1.165, 1.54) is 10.8 Å². The first kappa shape index (κ1) is 11.3. The molecule has 18 heavy (non-hydrogen) atoms. The molecule has 0 bridgehead atoms. The van der Waals surface area contributed by atoms with Gasteiger partial charge < -0.3 is 5.11 Å². The number of hydrogen-bond donors (Lipinski definition) is 1. The molecule has 1 nitrogen and oxygen atoms in total. The molecule has 0 aliphatic heterocycles. The summed E-state index contributed by atoms with van der Waals surface area (Å²) in [5.41, 5.74) is 2.26. The molecule has 0 aliphatic rings. The van der Waals surface area contributed by atoms with Crippen LogP contribution in [-0.4, -0.2) is 5.11 Å². The fourth-order valence-corrected chi connectivity index (χ4v) is 2.43. The van der Waals surface area contributed by atoms with Crippen molar-refractivity contribution in [3.8, 4) is 16.9 Å². The highest BCUT2D eigenvalue weighted by atomic mass is 79.9. The second-order valence-electron chi connectivity index (χ2n) is 4.25. The van der Waals surface area contributed by atoms with Crippen molar-refractivity contribution in [1.82, 2.24) is 0 Å². The number of benzene rings is 3. The molecule has 0 amide bonds. The van der Waals surface area contributed by atoms with Gasteiger partial charge in [-0.05, 0) is 52.2 Å². The van der Waals surface area contributed by atoms with Crippen molar-refractivity contribution >= 4 is 26.7 Å². The molecule has 0 heterocycles. The molecular formula is C16H11BrO. The number of rotatable bonds is 1. The minimum Gasteiger partial charge on any atom is -0.508 e. The van der Waals surface area contributed by atoms with Crippen LogP contribution in [-0.2, 0) is 0 Å². The SMILES string of the molecule is Oc1ccc(-c2ccc3ccc(Br)cc3c2)cc1. The highest BCUT2D eigenvalue weighted by Gasteiger charge is 2.00. The van der Waals surface area contributed by atoms with Crippen LogP contribution in [0, 0.1) is 0 Å². The van der Waals surface area contributed by atoms with E-state index in [0.717, 1.165) is 15.6 Å². The quantitative estimate of drug-likeness (QED) is 0.672. The Kier molecular flexibility index (Phi) is 2.80. The third-order valence-electron chi connectivity index (χ3n) is 3.00. The Bertz CT molecular complexity index is 702. The number of phenols is 1.